The van der Waals surface area contributed by atoms with Crippen LogP contribution >= 0.6 is 11.3 Å². The summed E-state index contributed by atoms with van der Waals surface area (Å²) in [6, 6.07) is 7.86. The number of rotatable bonds is 3. The van der Waals surface area contributed by atoms with Crippen LogP contribution in [0.4, 0.5) is 5.69 Å². The molecule has 3 nitrogen and oxygen atoms in total. The third kappa shape index (κ3) is 2.91. The van der Waals surface area contributed by atoms with Crippen molar-refractivity contribution in [3.63, 3.8) is 0 Å². The molecule has 17 heavy (non-hydrogen) atoms. The Morgan fingerprint density at radius 1 is 1.35 bits per heavy atom. The van der Waals surface area contributed by atoms with Crippen LogP contribution < -0.4 is 5.32 Å². The number of anilines is 1. The third-order valence-electron chi connectivity index (χ3n) is 2.43. The first-order valence-electron chi connectivity index (χ1n) is 5.51. The molecule has 4 heteroatoms. The van der Waals surface area contributed by atoms with Crippen LogP contribution in [0.3, 0.4) is 0 Å². The molecular weight excluding hydrogens is 232 g/mol. The minimum absolute atomic E-state index is 0.146. The van der Waals surface area contributed by atoms with Gasteiger partial charge in [0.15, 0.2) is 5.01 Å². The predicted octanol–water partition coefficient (Wildman–Crippen LogP) is 3.27. The first-order chi connectivity index (χ1) is 8.19. The van der Waals surface area contributed by atoms with Crippen molar-refractivity contribution in [1.82, 2.24) is 4.98 Å². The van der Waals surface area contributed by atoms with Crippen molar-refractivity contribution in [2.45, 2.75) is 20.3 Å². The molecule has 0 unspecified atom stereocenters. The van der Waals surface area contributed by atoms with Gasteiger partial charge in [-0.15, -0.1) is 11.3 Å². The number of aryl methyl sites for hydroxylation is 2. The molecule has 1 aromatic heterocycles. The van der Waals surface area contributed by atoms with Gasteiger partial charge in [0, 0.05) is 16.8 Å². The minimum atomic E-state index is -0.146. The maximum absolute atomic E-state index is 11.8. The molecular formula is C13H14N2OS. The zero-order valence-electron chi connectivity index (χ0n) is 9.86. The SMILES string of the molecule is CCc1ccc(NC(=O)c2nc(C)cs2)cc1. The Balaban J connectivity index is 2.07. The van der Waals surface area contributed by atoms with Gasteiger partial charge in [-0.2, -0.15) is 0 Å². The summed E-state index contributed by atoms with van der Waals surface area (Å²) < 4.78 is 0. The summed E-state index contributed by atoms with van der Waals surface area (Å²) in [5.74, 6) is -0.146. The maximum Gasteiger partial charge on any atom is 0.284 e. The lowest BCUT2D eigenvalue weighted by Crippen LogP contribution is -2.11. The number of hydrogen-bond acceptors (Lipinski definition) is 3. The minimum Gasteiger partial charge on any atom is -0.320 e. The molecule has 1 N–H and O–H groups in total. The quantitative estimate of drug-likeness (QED) is 0.903. The van der Waals surface area contributed by atoms with Gasteiger partial charge in [-0.3, -0.25) is 4.79 Å². The topological polar surface area (TPSA) is 42.0 Å². The second-order valence-electron chi connectivity index (χ2n) is 3.80. The van der Waals surface area contributed by atoms with Crippen LogP contribution in [0, 0.1) is 6.92 Å². The van der Waals surface area contributed by atoms with Gasteiger partial charge in [-0.05, 0) is 31.0 Å². The van der Waals surface area contributed by atoms with Gasteiger partial charge in [0.2, 0.25) is 0 Å². The highest BCUT2D eigenvalue weighted by atomic mass is 32.1. The molecule has 1 amide bonds. The van der Waals surface area contributed by atoms with Crippen molar-refractivity contribution >= 4 is 22.9 Å². The van der Waals surface area contributed by atoms with Gasteiger partial charge in [0.25, 0.3) is 5.91 Å². The highest BCUT2D eigenvalue weighted by molar-refractivity contribution is 7.11. The van der Waals surface area contributed by atoms with E-state index in [0.29, 0.717) is 5.01 Å². The molecule has 0 saturated carbocycles. The third-order valence-corrected chi connectivity index (χ3v) is 3.39. The second-order valence-corrected chi connectivity index (χ2v) is 4.66. The molecule has 0 bridgehead atoms. The van der Waals surface area contributed by atoms with E-state index < -0.39 is 0 Å². The molecule has 0 fully saturated rings. The van der Waals surface area contributed by atoms with Crippen LogP contribution in [0.2, 0.25) is 0 Å². The van der Waals surface area contributed by atoms with Crippen molar-refractivity contribution in [3.8, 4) is 0 Å². The van der Waals surface area contributed by atoms with Crippen molar-refractivity contribution in [2.75, 3.05) is 5.32 Å². The molecule has 2 aromatic rings. The number of nitrogens with zero attached hydrogens (tertiary/aromatic N) is 1. The van der Waals surface area contributed by atoms with Crippen LogP contribution in [0.5, 0.6) is 0 Å². The summed E-state index contributed by atoms with van der Waals surface area (Å²) in [6.07, 6.45) is 1.000. The molecule has 0 saturated heterocycles. The van der Waals surface area contributed by atoms with E-state index in [0.717, 1.165) is 17.8 Å². The van der Waals surface area contributed by atoms with E-state index in [1.165, 1.54) is 16.9 Å². The summed E-state index contributed by atoms with van der Waals surface area (Å²) in [7, 11) is 0. The van der Waals surface area contributed by atoms with Crippen molar-refractivity contribution in [1.29, 1.82) is 0 Å². The summed E-state index contributed by atoms with van der Waals surface area (Å²) >= 11 is 1.36. The lowest BCUT2D eigenvalue weighted by atomic mass is 10.1. The number of amides is 1. The molecule has 1 heterocycles. The second kappa shape index (κ2) is 5.10. The number of benzene rings is 1. The Morgan fingerprint density at radius 3 is 2.59 bits per heavy atom. The van der Waals surface area contributed by atoms with Crippen LogP contribution in [0.25, 0.3) is 0 Å². The Labute approximate surface area is 105 Å². The summed E-state index contributed by atoms with van der Waals surface area (Å²) in [5, 5.41) is 5.20. The van der Waals surface area contributed by atoms with Gasteiger partial charge in [-0.1, -0.05) is 19.1 Å². The molecule has 0 spiro atoms. The van der Waals surface area contributed by atoms with Gasteiger partial charge >= 0.3 is 0 Å². The number of thiazole rings is 1. The number of aromatic nitrogens is 1. The van der Waals surface area contributed by atoms with E-state index in [4.69, 9.17) is 0 Å². The maximum atomic E-state index is 11.8. The number of hydrogen-bond donors (Lipinski definition) is 1. The van der Waals surface area contributed by atoms with E-state index >= 15 is 0 Å². The summed E-state index contributed by atoms with van der Waals surface area (Å²) in [6.45, 7) is 3.98. The highest BCUT2D eigenvalue weighted by Crippen LogP contribution is 2.14. The molecule has 0 atom stereocenters. The van der Waals surface area contributed by atoms with Gasteiger partial charge in [-0.25, -0.2) is 4.98 Å². The normalized spacial score (nSPS) is 10.2. The number of carbonyl (C=O) groups is 1. The van der Waals surface area contributed by atoms with Crippen LogP contribution in [0.1, 0.15) is 28.0 Å². The predicted molar refractivity (Wildman–Crippen MR) is 70.6 cm³/mol. The number of carbonyl (C=O) groups excluding carboxylic acids is 1. The van der Waals surface area contributed by atoms with Crippen molar-refractivity contribution in [3.05, 3.63) is 45.9 Å². The lowest BCUT2D eigenvalue weighted by Gasteiger charge is -2.03. The Kier molecular flexibility index (Phi) is 3.54. The standard InChI is InChI=1S/C13H14N2OS/c1-3-10-4-6-11(7-5-10)15-12(16)13-14-9(2)8-17-13/h4-8H,3H2,1-2H3,(H,15,16). The van der Waals surface area contributed by atoms with E-state index in [-0.39, 0.29) is 5.91 Å². The highest BCUT2D eigenvalue weighted by Gasteiger charge is 2.09. The average Bonchev–Trinajstić information content (AvgIpc) is 2.77. The van der Waals surface area contributed by atoms with Gasteiger partial charge < -0.3 is 5.32 Å². The van der Waals surface area contributed by atoms with Crippen molar-refractivity contribution < 1.29 is 4.79 Å². The fourth-order valence-electron chi connectivity index (χ4n) is 1.47. The van der Waals surface area contributed by atoms with Crippen molar-refractivity contribution in [2.24, 2.45) is 0 Å². The Morgan fingerprint density at radius 2 is 2.06 bits per heavy atom. The molecule has 1 aromatic carbocycles. The first kappa shape index (κ1) is 11.8. The molecule has 2 rings (SSSR count). The van der Waals surface area contributed by atoms with E-state index in [1.54, 1.807) is 0 Å². The largest absolute Gasteiger partial charge is 0.320 e. The van der Waals surface area contributed by atoms with Crippen LogP contribution in [-0.2, 0) is 6.42 Å². The first-order valence-corrected chi connectivity index (χ1v) is 6.39. The molecule has 0 aliphatic heterocycles. The fourth-order valence-corrected chi connectivity index (χ4v) is 2.16. The number of nitrogens with one attached hydrogen (secondary N) is 1. The zero-order valence-corrected chi connectivity index (χ0v) is 10.7. The van der Waals surface area contributed by atoms with E-state index in [9.17, 15) is 4.79 Å². The molecule has 0 aliphatic carbocycles. The summed E-state index contributed by atoms with van der Waals surface area (Å²) in [4.78, 5) is 16.0. The molecule has 0 radical (unpaired) electrons. The summed E-state index contributed by atoms with van der Waals surface area (Å²) in [5.41, 5.74) is 2.94. The lowest BCUT2D eigenvalue weighted by molar-refractivity contribution is 0.102. The average molecular weight is 246 g/mol. The molecule has 88 valence electrons. The van der Waals surface area contributed by atoms with E-state index in [2.05, 4.69) is 17.2 Å². The van der Waals surface area contributed by atoms with Gasteiger partial charge in [0.05, 0.1) is 0 Å². The van der Waals surface area contributed by atoms with E-state index in [1.807, 2.05) is 36.6 Å². The Bertz CT molecular complexity index is 516. The molecule has 0 aliphatic rings. The zero-order chi connectivity index (χ0) is 12.3. The fraction of sp³-hybridized carbons (Fsp3) is 0.231. The smallest absolute Gasteiger partial charge is 0.284 e. The van der Waals surface area contributed by atoms with Crippen LogP contribution in [0.15, 0.2) is 29.6 Å². The monoisotopic (exact) mass is 246 g/mol. The van der Waals surface area contributed by atoms with Crippen LogP contribution in [-0.4, -0.2) is 10.9 Å². The van der Waals surface area contributed by atoms with Gasteiger partial charge in [0.1, 0.15) is 0 Å². The Hall–Kier alpha value is -1.68.